The number of rotatable bonds is 3. The highest BCUT2D eigenvalue weighted by molar-refractivity contribution is 9.10. The largest absolute Gasteiger partial charge is 0.444 e. The number of carbonyl (C=O) groups is 2. The number of nitrogens with zero attached hydrogens (tertiary/aromatic N) is 3. The summed E-state index contributed by atoms with van der Waals surface area (Å²) >= 11 is 3.29. The average molecular weight is 382 g/mol. The lowest BCUT2D eigenvalue weighted by atomic mass is 10.0. The lowest BCUT2D eigenvalue weighted by Crippen LogP contribution is -2.47. The first-order chi connectivity index (χ1) is 11.1. The fraction of sp³-hybridized carbons (Fsp3) is 0.562. The van der Waals surface area contributed by atoms with E-state index in [1.165, 1.54) is 0 Å². The van der Waals surface area contributed by atoms with Gasteiger partial charge in [0, 0.05) is 19.1 Å². The van der Waals surface area contributed by atoms with Gasteiger partial charge in [0.25, 0.3) is 5.91 Å². The summed E-state index contributed by atoms with van der Waals surface area (Å²) in [5.74, 6) is -0.0554. The number of aromatic nitrogens is 1. The third-order valence-electron chi connectivity index (χ3n) is 4.48. The van der Waals surface area contributed by atoms with Crippen molar-refractivity contribution >= 4 is 27.9 Å². The molecule has 1 aromatic heterocycles. The van der Waals surface area contributed by atoms with E-state index in [4.69, 9.17) is 4.74 Å². The van der Waals surface area contributed by atoms with E-state index in [9.17, 15) is 9.59 Å². The Morgan fingerprint density at radius 1 is 1.39 bits per heavy atom. The second-order valence-electron chi connectivity index (χ2n) is 5.94. The van der Waals surface area contributed by atoms with Crippen LogP contribution in [0.5, 0.6) is 0 Å². The van der Waals surface area contributed by atoms with Gasteiger partial charge >= 0.3 is 6.09 Å². The SMILES string of the molecule is CCC1CN(C2CCN(C(=O)c3cccc(Br)n3)CC2)C(=O)O1. The summed E-state index contributed by atoms with van der Waals surface area (Å²) in [4.78, 5) is 32.3. The monoisotopic (exact) mass is 381 g/mol. The van der Waals surface area contributed by atoms with E-state index in [1.54, 1.807) is 12.1 Å². The van der Waals surface area contributed by atoms with Gasteiger partial charge in [-0.15, -0.1) is 0 Å². The van der Waals surface area contributed by atoms with Gasteiger partial charge in [-0.3, -0.25) is 4.79 Å². The van der Waals surface area contributed by atoms with Crippen LogP contribution in [0.25, 0.3) is 0 Å². The Morgan fingerprint density at radius 2 is 2.13 bits per heavy atom. The topological polar surface area (TPSA) is 62.7 Å². The van der Waals surface area contributed by atoms with Gasteiger partial charge in [-0.2, -0.15) is 0 Å². The molecule has 2 fully saturated rings. The van der Waals surface area contributed by atoms with E-state index in [1.807, 2.05) is 22.8 Å². The standard InChI is InChI=1S/C16H20BrN3O3/c1-2-12-10-20(16(22)23-12)11-6-8-19(9-7-11)15(21)13-4-3-5-14(17)18-13/h3-5,11-12H,2,6-10H2,1H3. The fourth-order valence-electron chi connectivity index (χ4n) is 3.12. The Balaban J connectivity index is 1.58. The second kappa shape index (κ2) is 6.86. The van der Waals surface area contributed by atoms with Gasteiger partial charge in [0.15, 0.2) is 0 Å². The van der Waals surface area contributed by atoms with Crippen molar-refractivity contribution in [2.75, 3.05) is 19.6 Å². The van der Waals surface area contributed by atoms with Crippen LogP contribution in [0.1, 0.15) is 36.7 Å². The highest BCUT2D eigenvalue weighted by Gasteiger charge is 2.37. The van der Waals surface area contributed by atoms with Gasteiger partial charge in [0.1, 0.15) is 16.4 Å². The molecular formula is C16H20BrN3O3. The summed E-state index contributed by atoms with van der Waals surface area (Å²) in [7, 11) is 0. The molecule has 23 heavy (non-hydrogen) atoms. The third kappa shape index (κ3) is 3.49. The zero-order chi connectivity index (χ0) is 16.4. The van der Waals surface area contributed by atoms with E-state index < -0.39 is 0 Å². The van der Waals surface area contributed by atoms with Crippen LogP contribution >= 0.6 is 15.9 Å². The van der Waals surface area contributed by atoms with Crippen molar-refractivity contribution in [3.05, 3.63) is 28.5 Å². The number of cyclic esters (lactones) is 1. The first kappa shape index (κ1) is 16.2. The molecule has 0 bridgehead atoms. The number of piperidine rings is 1. The molecule has 2 aliphatic rings. The van der Waals surface area contributed by atoms with Gasteiger partial charge < -0.3 is 14.5 Å². The van der Waals surface area contributed by atoms with Crippen LogP contribution < -0.4 is 0 Å². The van der Waals surface area contributed by atoms with Crippen LogP contribution in [0.4, 0.5) is 4.79 Å². The molecule has 0 saturated carbocycles. The van der Waals surface area contributed by atoms with Gasteiger partial charge in [-0.25, -0.2) is 9.78 Å². The Kier molecular flexibility index (Phi) is 4.84. The van der Waals surface area contributed by atoms with E-state index in [-0.39, 0.29) is 24.1 Å². The second-order valence-corrected chi connectivity index (χ2v) is 6.75. The zero-order valence-electron chi connectivity index (χ0n) is 13.1. The number of carbonyl (C=O) groups excluding carboxylic acids is 2. The number of halogens is 1. The van der Waals surface area contributed by atoms with Gasteiger partial charge in [0.2, 0.25) is 0 Å². The maximum absolute atomic E-state index is 12.5. The Labute approximate surface area is 143 Å². The summed E-state index contributed by atoms with van der Waals surface area (Å²) in [5.41, 5.74) is 0.449. The minimum atomic E-state index is -0.213. The molecule has 6 nitrogen and oxygen atoms in total. The summed E-state index contributed by atoms with van der Waals surface area (Å²) < 4.78 is 5.98. The van der Waals surface area contributed by atoms with Crippen LogP contribution in [0.2, 0.25) is 0 Å². The predicted octanol–water partition coefficient (Wildman–Crippen LogP) is 2.68. The smallest absolute Gasteiger partial charge is 0.410 e. The van der Waals surface area contributed by atoms with Crippen LogP contribution in [0, 0.1) is 0 Å². The Hall–Kier alpha value is -1.63. The first-order valence-corrected chi connectivity index (χ1v) is 8.77. The van der Waals surface area contributed by atoms with Gasteiger partial charge in [-0.1, -0.05) is 13.0 Å². The molecule has 7 heteroatoms. The molecule has 1 atom stereocenters. The van der Waals surface area contributed by atoms with E-state index in [2.05, 4.69) is 20.9 Å². The lowest BCUT2D eigenvalue weighted by Gasteiger charge is -2.35. The molecule has 1 aromatic rings. The molecule has 3 heterocycles. The number of likely N-dealkylation sites (tertiary alicyclic amines) is 1. The van der Waals surface area contributed by atoms with E-state index in [0.29, 0.717) is 29.9 Å². The number of hydrogen-bond donors (Lipinski definition) is 0. The van der Waals surface area contributed by atoms with Crippen molar-refractivity contribution in [3.8, 4) is 0 Å². The highest BCUT2D eigenvalue weighted by Crippen LogP contribution is 2.24. The van der Waals surface area contributed by atoms with Crippen LogP contribution in [-0.2, 0) is 4.74 Å². The molecule has 0 N–H and O–H groups in total. The molecule has 2 aliphatic heterocycles. The molecule has 2 saturated heterocycles. The normalized spacial score (nSPS) is 22.3. The lowest BCUT2D eigenvalue weighted by molar-refractivity contribution is 0.0652. The summed E-state index contributed by atoms with van der Waals surface area (Å²) in [6.07, 6.45) is 2.20. The van der Waals surface area contributed by atoms with Crippen molar-refractivity contribution in [1.82, 2.24) is 14.8 Å². The molecule has 1 unspecified atom stereocenters. The minimum Gasteiger partial charge on any atom is -0.444 e. The van der Waals surface area contributed by atoms with E-state index >= 15 is 0 Å². The van der Waals surface area contributed by atoms with Crippen molar-refractivity contribution in [2.45, 2.75) is 38.3 Å². The fourth-order valence-corrected chi connectivity index (χ4v) is 3.47. The first-order valence-electron chi connectivity index (χ1n) is 7.97. The number of ether oxygens (including phenoxy) is 1. The molecular weight excluding hydrogens is 362 g/mol. The Morgan fingerprint density at radius 3 is 2.74 bits per heavy atom. The number of pyridine rings is 1. The van der Waals surface area contributed by atoms with Gasteiger partial charge in [-0.05, 0) is 47.3 Å². The quantitative estimate of drug-likeness (QED) is 0.755. The molecule has 0 aromatic carbocycles. The number of hydrogen-bond acceptors (Lipinski definition) is 4. The zero-order valence-corrected chi connectivity index (χ0v) is 14.7. The van der Waals surface area contributed by atoms with Crippen LogP contribution in [0.3, 0.4) is 0 Å². The van der Waals surface area contributed by atoms with Crippen LogP contribution in [-0.4, -0.2) is 58.6 Å². The maximum Gasteiger partial charge on any atom is 0.410 e. The van der Waals surface area contributed by atoms with Crippen molar-refractivity contribution in [1.29, 1.82) is 0 Å². The molecule has 2 amide bonds. The summed E-state index contributed by atoms with van der Waals surface area (Å²) in [6, 6.07) is 5.50. The molecule has 0 aliphatic carbocycles. The third-order valence-corrected chi connectivity index (χ3v) is 4.93. The minimum absolute atomic E-state index is 0.00744. The highest BCUT2D eigenvalue weighted by atomic mass is 79.9. The molecule has 124 valence electrons. The molecule has 0 spiro atoms. The van der Waals surface area contributed by atoms with Crippen molar-refractivity contribution in [2.24, 2.45) is 0 Å². The molecule has 3 rings (SSSR count). The van der Waals surface area contributed by atoms with Crippen molar-refractivity contribution < 1.29 is 14.3 Å². The number of amides is 2. The van der Waals surface area contributed by atoms with Gasteiger partial charge in [0.05, 0.1) is 6.54 Å². The van der Waals surface area contributed by atoms with E-state index in [0.717, 1.165) is 19.3 Å². The predicted molar refractivity (Wildman–Crippen MR) is 88.1 cm³/mol. The van der Waals surface area contributed by atoms with Crippen LogP contribution in [0.15, 0.2) is 22.8 Å². The average Bonchev–Trinajstić information content (AvgIpc) is 2.95. The van der Waals surface area contributed by atoms with Crippen molar-refractivity contribution in [3.63, 3.8) is 0 Å². The molecule has 0 radical (unpaired) electrons. The summed E-state index contributed by atoms with van der Waals surface area (Å²) in [6.45, 7) is 3.96. The maximum atomic E-state index is 12.5. The Bertz CT molecular complexity index is 602. The summed E-state index contributed by atoms with van der Waals surface area (Å²) in [5, 5.41) is 0.